The van der Waals surface area contributed by atoms with Crippen LogP contribution in [0.2, 0.25) is 0 Å². The molecule has 0 spiro atoms. The lowest BCUT2D eigenvalue weighted by atomic mass is 9.87. The Balaban J connectivity index is 1.13. The number of aromatic nitrogens is 2. The molecule has 2 aromatic carbocycles. The molecular weight excluding hydrogens is 649 g/mol. The smallest absolute Gasteiger partial charge is 0.293 e. The zero-order chi connectivity index (χ0) is 33.5. The fraction of sp³-hybridized carbons (Fsp3) is 0.361. The van der Waals surface area contributed by atoms with E-state index in [-0.39, 0.29) is 46.9 Å². The number of aryl methyl sites for hydroxylation is 4. The van der Waals surface area contributed by atoms with E-state index in [1.165, 1.54) is 27.1 Å². The predicted octanol–water partition coefficient (Wildman–Crippen LogP) is 7.19. The van der Waals surface area contributed by atoms with E-state index in [1.54, 1.807) is 22.0 Å². The molecule has 0 unspecified atom stereocenters. The van der Waals surface area contributed by atoms with Crippen molar-refractivity contribution < 1.29 is 14.4 Å². The minimum atomic E-state index is -0.364. The first-order valence-electron chi connectivity index (χ1n) is 15.8. The Labute approximate surface area is 287 Å². The molecule has 8 nitrogen and oxygen atoms in total. The fourth-order valence-corrected chi connectivity index (χ4v) is 8.97. The fourth-order valence-electron chi connectivity index (χ4n) is 5.96. The van der Waals surface area contributed by atoms with E-state index in [9.17, 15) is 19.2 Å². The number of nitrogens with zero attached hydrogens (tertiary/aromatic N) is 3. The van der Waals surface area contributed by atoms with Gasteiger partial charge in [0.15, 0.2) is 5.16 Å². The zero-order valence-corrected chi connectivity index (χ0v) is 29.7. The summed E-state index contributed by atoms with van der Waals surface area (Å²) in [7, 11) is 0. The first-order chi connectivity index (χ1) is 22.4. The third kappa shape index (κ3) is 6.98. The predicted molar refractivity (Wildman–Crippen MR) is 193 cm³/mol. The minimum absolute atomic E-state index is 0.0210. The molecule has 244 valence electrons. The van der Waals surface area contributed by atoms with Gasteiger partial charge in [-0.05, 0) is 91.1 Å². The highest BCUT2D eigenvalue weighted by Gasteiger charge is 2.34. The van der Waals surface area contributed by atoms with Crippen LogP contribution >= 0.6 is 34.9 Å². The second-order valence-corrected chi connectivity index (χ2v) is 16.1. The Kier molecular flexibility index (Phi) is 9.51. The van der Waals surface area contributed by atoms with E-state index < -0.39 is 0 Å². The van der Waals surface area contributed by atoms with Gasteiger partial charge >= 0.3 is 0 Å². The van der Waals surface area contributed by atoms with E-state index in [1.807, 2.05) is 56.3 Å². The third-order valence-corrected chi connectivity index (χ3v) is 11.5. The summed E-state index contributed by atoms with van der Waals surface area (Å²) < 4.78 is 1.65. The topological polar surface area (TPSA) is 101 Å². The number of thiophene rings is 1. The first kappa shape index (κ1) is 33.2. The van der Waals surface area contributed by atoms with Gasteiger partial charge in [0.2, 0.25) is 5.91 Å². The molecule has 1 aliphatic heterocycles. The zero-order valence-electron chi connectivity index (χ0n) is 27.3. The first-order valence-corrected chi connectivity index (χ1v) is 18.4. The lowest BCUT2D eigenvalue weighted by Crippen LogP contribution is -2.37. The van der Waals surface area contributed by atoms with E-state index in [2.05, 4.69) is 26.1 Å². The van der Waals surface area contributed by atoms with Gasteiger partial charge in [-0.25, -0.2) is 4.98 Å². The average molecular weight is 687 g/mol. The second kappa shape index (κ2) is 13.4. The summed E-state index contributed by atoms with van der Waals surface area (Å²) in [6.07, 6.45) is 5.76. The summed E-state index contributed by atoms with van der Waals surface area (Å²) in [6, 6.07) is 13.9. The molecule has 1 fully saturated rings. The molecule has 0 saturated carbocycles. The number of fused-ring (bicyclic) bond motifs is 3. The summed E-state index contributed by atoms with van der Waals surface area (Å²) in [5.41, 5.74) is 5.90. The molecule has 47 heavy (non-hydrogen) atoms. The van der Waals surface area contributed by atoms with Crippen molar-refractivity contribution in [1.82, 2.24) is 19.8 Å². The van der Waals surface area contributed by atoms with Crippen LogP contribution < -0.4 is 10.9 Å². The summed E-state index contributed by atoms with van der Waals surface area (Å²) in [5, 5.41) is 3.64. The Morgan fingerprint density at radius 2 is 1.79 bits per heavy atom. The molecule has 3 heterocycles. The molecular formula is C36H38N4O4S3. The van der Waals surface area contributed by atoms with Crippen LogP contribution in [0, 0.1) is 13.8 Å². The van der Waals surface area contributed by atoms with Crippen molar-refractivity contribution in [3.8, 4) is 5.69 Å². The van der Waals surface area contributed by atoms with Gasteiger partial charge < -0.3 is 5.32 Å². The van der Waals surface area contributed by atoms with Crippen molar-refractivity contribution in [2.45, 2.75) is 70.9 Å². The van der Waals surface area contributed by atoms with Crippen LogP contribution in [0.15, 0.2) is 57.3 Å². The van der Waals surface area contributed by atoms with E-state index >= 15 is 0 Å². The van der Waals surface area contributed by atoms with Crippen LogP contribution in [-0.4, -0.2) is 50.3 Å². The Morgan fingerprint density at radius 3 is 2.51 bits per heavy atom. The van der Waals surface area contributed by atoms with Crippen LogP contribution in [0.4, 0.5) is 4.79 Å². The maximum Gasteiger partial charge on any atom is 0.293 e. The Hall–Kier alpha value is -3.67. The second-order valence-electron chi connectivity index (χ2n) is 13.1. The molecule has 1 saturated heterocycles. The molecule has 0 radical (unpaired) electrons. The molecule has 1 aliphatic carbocycles. The lowest BCUT2D eigenvalue weighted by Gasteiger charge is -2.18. The number of carbonyl (C=O) groups is 3. The summed E-state index contributed by atoms with van der Waals surface area (Å²) in [6.45, 7) is 10.6. The number of benzene rings is 2. The molecule has 3 amide bonds. The van der Waals surface area contributed by atoms with Gasteiger partial charge in [0.1, 0.15) is 4.83 Å². The van der Waals surface area contributed by atoms with Crippen LogP contribution in [0.25, 0.3) is 22.0 Å². The van der Waals surface area contributed by atoms with Crippen molar-refractivity contribution in [2.75, 3.05) is 18.8 Å². The van der Waals surface area contributed by atoms with Gasteiger partial charge in [0.05, 0.1) is 21.7 Å². The van der Waals surface area contributed by atoms with E-state index in [0.29, 0.717) is 15.4 Å². The minimum Gasteiger partial charge on any atom is -0.354 e. The number of amides is 3. The van der Waals surface area contributed by atoms with Crippen molar-refractivity contribution in [1.29, 1.82) is 0 Å². The van der Waals surface area contributed by atoms with Gasteiger partial charge in [-0.15, -0.1) is 11.3 Å². The molecule has 4 aromatic rings. The van der Waals surface area contributed by atoms with E-state index in [4.69, 9.17) is 4.98 Å². The number of carbonyl (C=O) groups excluding carboxylic acids is 3. The number of imide groups is 1. The highest BCUT2D eigenvalue weighted by molar-refractivity contribution is 8.18. The Morgan fingerprint density at radius 1 is 1.04 bits per heavy atom. The number of thioether (sulfide) groups is 2. The monoisotopic (exact) mass is 686 g/mol. The normalized spacial score (nSPS) is 15.9. The van der Waals surface area contributed by atoms with E-state index in [0.717, 1.165) is 70.2 Å². The number of nitrogens with one attached hydrogen (secondary N) is 1. The maximum absolute atomic E-state index is 14.1. The summed E-state index contributed by atoms with van der Waals surface area (Å²) in [5.74, 6) is -0.610. The molecule has 1 N–H and O–H groups in total. The Bertz CT molecular complexity index is 1990. The molecule has 0 atom stereocenters. The standard InChI is InChI=1S/C36H38N4O4S3/c1-21-10-15-26(22(2)18-21)40-33(43)30-25-8-6-7-9-27(25)46-31(30)38-34(40)45-20-29(41)37-16-17-39-32(42)28(47-35(39)44)19-23-11-13-24(14-12-23)36(3,4)5/h10-15,18-19H,6-9,16-17,20H2,1-5H3,(H,37,41)/b28-19-. The molecule has 2 aromatic heterocycles. The summed E-state index contributed by atoms with van der Waals surface area (Å²) in [4.78, 5) is 61.2. The van der Waals surface area contributed by atoms with Gasteiger partial charge in [0, 0.05) is 18.0 Å². The lowest BCUT2D eigenvalue weighted by molar-refractivity contribution is -0.123. The van der Waals surface area contributed by atoms with Gasteiger partial charge in [-0.2, -0.15) is 0 Å². The third-order valence-electron chi connectivity index (χ3n) is 8.49. The van der Waals surface area contributed by atoms with Gasteiger partial charge in [0.25, 0.3) is 16.7 Å². The molecule has 11 heteroatoms. The highest BCUT2D eigenvalue weighted by atomic mass is 32.2. The maximum atomic E-state index is 14.1. The average Bonchev–Trinajstić information content (AvgIpc) is 3.52. The quantitative estimate of drug-likeness (QED) is 0.119. The van der Waals surface area contributed by atoms with Crippen LogP contribution in [0.3, 0.4) is 0 Å². The number of hydrogen-bond acceptors (Lipinski definition) is 8. The number of rotatable bonds is 8. The van der Waals surface area contributed by atoms with Gasteiger partial charge in [-0.1, -0.05) is 74.5 Å². The van der Waals surface area contributed by atoms with Crippen molar-refractivity contribution in [3.05, 3.63) is 90.4 Å². The largest absolute Gasteiger partial charge is 0.354 e. The van der Waals surface area contributed by atoms with Crippen molar-refractivity contribution in [3.63, 3.8) is 0 Å². The molecule has 6 rings (SSSR count). The van der Waals surface area contributed by atoms with Crippen LogP contribution in [0.5, 0.6) is 0 Å². The SMILES string of the molecule is Cc1ccc(-n2c(SCC(=O)NCCN3C(=O)S/C(=C\c4ccc(C(C)(C)C)cc4)C3=O)nc3sc4c(c3c2=O)CCCC4)c(C)c1. The van der Waals surface area contributed by atoms with Crippen LogP contribution in [-0.2, 0) is 27.8 Å². The van der Waals surface area contributed by atoms with Crippen LogP contribution in [0.1, 0.15) is 66.3 Å². The van der Waals surface area contributed by atoms with Gasteiger partial charge in [-0.3, -0.25) is 28.6 Å². The van der Waals surface area contributed by atoms with Crippen molar-refractivity contribution in [2.24, 2.45) is 0 Å². The highest BCUT2D eigenvalue weighted by Crippen LogP contribution is 2.36. The molecule has 2 aliphatic rings. The molecule has 0 bridgehead atoms. The van der Waals surface area contributed by atoms with Crippen molar-refractivity contribution >= 4 is 68.2 Å². The number of hydrogen-bond donors (Lipinski definition) is 1. The summed E-state index contributed by atoms with van der Waals surface area (Å²) >= 11 is 3.71.